The molecule has 1 aromatic carbocycles. The molecule has 1 saturated carbocycles. The average Bonchev–Trinajstić information content (AvgIpc) is 3.09. The third-order valence-corrected chi connectivity index (χ3v) is 4.33. The van der Waals surface area contributed by atoms with Crippen molar-refractivity contribution in [1.29, 1.82) is 0 Å². The Balaban J connectivity index is 2.36. The van der Waals surface area contributed by atoms with E-state index in [0.29, 0.717) is 10.6 Å². The highest BCUT2D eigenvalue weighted by molar-refractivity contribution is 6.35. The number of hydrogen-bond acceptors (Lipinski definition) is 2. The number of nitrogens with zero attached hydrogens (tertiary/aromatic N) is 1. The molecule has 1 N–H and O–H groups in total. The Morgan fingerprint density at radius 1 is 1.20 bits per heavy atom. The molecular weight excluding hydrogens is 299 g/mol. The van der Waals surface area contributed by atoms with Crippen LogP contribution in [0, 0.1) is 0 Å². The molecule has 0 aliphatic heterocycles. The molecule has 6 heteroatoms. The van der Waals surface area contributed by atoms with E-state index in [9.17, 15) is 9.59 Å². The van der Waals surface area contributed by atoms with Gasteiger partial charge in [-0.25, -0.2) is 4.79 Å². The molecule has 0 unspecified atom stereocenters. The van der Waals surface area contributed by atoms with E-state index in [2.05, 4.69) is 4.98 Å². The van der Waals surface area contributed by atoms with Gasteiger partial charge in [-0.05, 0) is 25.8 Å². The molecule has 4 nitrogen and oxygen atoms in total. The fourth-order valence-corrected chi connectivity index (χ4v) is 2.80. The summed E-state index contributed by atoms with van der Waals surface area (Å²) in [5.74, 6) is 0. The maximum absolute atomic E-state index is 12.6. The van der Waals surface area contributed by atoms with E-state index in [4.69, 9.17) is 23.2 Å². The fraction of sp³-hybridized carbons (Fsp3) is 0.286. The second-order valence-electron chi connectivity index (χ2n) is 5.24. The van der Waals surface area contributed by atoms with E-state index >= 15 is 0 Å². The Kier molecular flexibility index (Phi) is 3.03. The molecule has 3 rings (SSSR count). The lowest BCUT2D eigenvalue weighted by Crippen LogP contribution is -2.41. The molecular formula is C14H12Cl2N2O2. The molecule has 1 aliphatic rings. The van der Waals surface area contributed by atoms with Crippen LogP contribution in [0.3, 0.4) is 0 Å². The van der Waals surface area contributed by atoms with Gasteiger partial charge in [-0.2, -0.15) is 0 Å². The second kappa shape index (κ2) is 4.50. The van der Waals surface area contributed by atoms with Gasteiger partial charge < -0.3 is 0 Å². The van der Waals surface area contributed by atoms with Crippen LogP contribution in [-0.2, 0) is 5.54 Å². The monoisotopic (exact) mass is 310 g/mol. The predicted octanol–water partition coefficient (Wildman–Crippen LogP) is 3.02. The molecule has 104 valence electrons. The molecule has 0 radical (unpaired) electrons. The summed E-state index contributed by atoms with van der Waals surface area (Å²) >= 11 is 12.2. The third kappa shape index (κ3) is 2.00. The largest absolute Gasteiger partial charge is 0.330 e. The van der Waals surface area contributed by atoms with E-state index < -0.39 is 16.8 Å². The number of rotatable bonds is 2. The highest BCUT2D eigenvalue weighted by atomic mass is 35.5. The summed E-state index contributed by atoms with van der Waals surface area (Å²) in [6.07, 6.45) is 1.61. The van der Waals surface area contributed by atoms with Crippen LogP contribution >= 0.6 is 23.2 Å². The molecule has 1 aliphatic carbocycles. The second-order valence-corrected chi connectivity index (χ2v) is 6.02. The van der Waals surface area contributed by atoms with Crippen molar-refractivity contribution in [2.45, 2.75) is 25.3 Å². The Morgan fingerprint density at radius 3 is 2.45 bits per heavy atom. The summed E-state index contributed by atoms with van der Waals surface area (Å²) in [7, 11) is 0. The van der Waals surface area contributed by atoms with E-state index in [-0.39, 0.29) is 10.7 Å². The molecule has 0 spiro atoms. The third-order valence-electron chi connectivity index (χ3n) is 3.71. The Labute approximate surface area is 125 Å². The molecule has 20 heavy (non-hydrogen) atoms. The molecule has 1 fully saturated rings. The predicted molar refractivity (Wildman–Crippen MR) is 79.7 cm³/mol. The van der Waals surface area contributed by atoms with Crippen molar-refractivity contribution in [3.8, 4) is 11.1 Å². The van der Waals surface area contributed by atoms with Crippen molar-refractivity contribution in [3.63, 3.8) is 0 Å². The summed E-state index contributed by atoms with van der Waals surface area (Å²) in [6, 6.07) is 6.93. The molecule has 0 amide bonds. The van der Waals surface area contributed by atoms with Crippen LogP contribution in [0.4, 0.5) is 0 Å². The summed E-state index contributed by atoms with van der Waals surface area (Å²) in [5.41, 5.74) is -0.517. The lowest BCUT2D eigenvalue weighted by molar-refractivity contribution is 0.487. The lowest BCUT2D eigenvalue weighted by Gasteiger charge is -2.14. The SMILES string of the molecule is CC1(n2c(=O)[nH]c(Cl)c(-c3ccccc3Cl)c2=O)CC1. The van der Waals surface area contributed by atoms with Crippen LogP contribution in [-0.4, -0.2) is 9.55 Å². The van der Waals surface area contributed by atoms with Crippen molar-refractivity contribution in [1.82, 2.24) is 9.55 Å². The summed E-state index contributed by atoms with van der Waals surface area (Å²) in [4.78, 5) is 27.2. The number of aromatic nitrogens is 2. The zero-order valence-corrected chi connectivity index (χ0v) is 12.3. The summed E-state index contributed by atoms with van der Waals surface area (Å²) in [5, 5.41) is 0.444. The van der Waals surface area contributed by atoms with Crippen LogP contribution < -0.4 is 11.2 Å². The number of hydrogen-bond donors (Lipinski definition) is 1. The van der Waals surface area contributed by atoms with Gasteiger partial charge in [0.05, 0.1) is 11.1 Å². The van der Waals surface area contributed by atoms with E-state index in [1.165, 1.54) is 4.57 Å². The maximum atomic E-state index is 12.6. The number of nitrogens with one attached hydrogen (secondary N) is 1. The van der Waals surface area contributed by atoms with Crippen LogP contribution in [0.25, 0.3) is 11.1 Å². The molecule has 1 aromatic heterocycles. The standard InChI is InChI=1S/C14H12Cl2N2O2/c1-14(6-7-14)18-12(19)10(11(16)17-13(18)20)8-4-2-3-5-9(8)15/h2-5H,6-7H2,1H3,(H,17,20). The highest BCUT2D eigenvalue weighted by Crippen LogP contribution is 2.41. The van der Waals surface area contributed by atoms with Crippen molar-refractivity contribution < 1.29 is 0 Å². The molecule has 1 heterocycles. The first-order valence-electron chi connectivity index (χ1n) is 6.24. The van der Waals surface area contributed by atoms with Gasteiger partial charge in [0.1, 0.15) is 5.15 Å². The van der Waals surface area contributed by atoms with Gasteiger partial charge in [-0.3, -0.25) is 14.3 Å². The summed E-state index contributed by atoms with van der Waals surface area (Å²) in [6.45, 7) is 1.88. The maximum Gasteiger partial charge on any atom is 0.330 e. The van der Waals surface area contributed by atoms with Crippen LogP contribution in [0.2, 0.25) is 10.2 Å². The molecule has 0 saturated heterocycles. The Hall–Kier alpha value is -1.52. The first kappa shape index (κ1) is 13.5. The normalized spacial score (nSPS) is 16.1. The van der Waals surface area contributed by atoms with Crippen LogP contribution in [0.15, 0.2) is 33.9 Å². The number of aromatic amines is 1. The minimum absolute atomic E-state index is 0.0219. The topological polar surface area (TPSA) is 54.9 Å². The van der Waals surface area contributed by atoms with Gasteiger partial charge in [-0.15, -0.1) is 0 Å². The highest BCUT2D eigenvalue weighted by Gasteiger charge is 2.42. The average molecular weight is 311 g/mol. The number of H-pyrrole nitrogens is 1. The number of benzene rings is 1. The minimum atomic E-state index is -0.476. The summed E-state index contributed by atoms with van der Waals surface area (Å²) < 4.78 is 1.25. The van der Waals surface area contributed by atoms with Gasteiger partial charge >= 0.3 is 5.69 Å². The van der Waals surface area contributed by atoms with E-state index in [1.807, 2.05) is 6.92 Å². The fourth-order valence-electron chi connectivity index (χ4n) is 2.30. The van der Waals surface area contributed by atoms with Crippen molar-refractivity contribution >= 4 is 23.2 Å². The van der Waals surface area contributed by atoms with Gasteiger partial charge in [-0.1, -0.05) is 41.4 Å². The van der Waals surface area contributed by atoms with Crippen molar-refractivity contribution in [2.75, 3.05) is 0 Å². The quantitative estimate of drug-likeness (QED) is 0.867. The van der Waals surface area contributed by atoms with Gasteiger partial charge in [0.2, 0.25) is 0 Å². The first-order chi connectivity index (χ1) is 9.44. The zero-order chi connectivity index (χ0) is 14.5. The smallest absolute Gasteiger partial charge is 0.297 e. The Morgan fingerprint density at radius 2 is 1.85 bits per heavy atom. The van der Waals surface area contributed by atoms with Crippen LogP contribution in [0.1, 0.15) is 19.8 Å². The Bertz CT molecular complexity index is 804. The molecule has 0 atom stereocenters. The lowest BCUT2D eigenvalue weighted by atomic mass is 10.1. The number of halogens is 2. The van der Waals surface area contributed by atoms with Gasteiger partial charge in [0, 0.05) is 10.6 Å². The van der Waals surface area contributed by atoms with Crippen LogP contribution in [0.5, 0.6) is 0 Å². The van der Waals surface area contributed by atoms with Gasteiger partial charge in [0.25, 0.3) is 5.56 Å². The van der Waals surface area contributed by atoms with Gasteiger partial charge in [0.15, 0.2) is 0 Å². The van der Waals surface area contributed by atoms with Crippen molar-refractivity contribution in [2.24, 2.45) is 0 Å². The van der Waals surface area contributed by atoms with E-state index in [1.54, 1.807) is 24.3 Å². The van der Waals surface area contributed by atoms with Crippen molar-refractivity contribution in [3.05, 3.63) is 55.3 Å². The minimum Gasteiger partial charge on any atom is -0.297 e. The first-order valence-corrected chi connectivity index (χ1v) is 7.00. The zero-order valence-electron chi connectivity index (χ0n) is 10.7. The molecule has 0 bridgehead atoms. The molecule has 2 aromatic rings. The van der Waals surface area contributed by atoms with E-state index in [0.717, 1.165) is 12.8 Å².